The number of hydrogen-bond donors (Lipinski definition) is 1. The molecule has 5 heteroatoms. The third kappa shape index (κ3) is 4.42. The van der Waals surface area contributed by atoms with Gasteiger partial charge in [-0.15, -0.1) is 0 Å². The second kappa shape index (κ2) is 7.19. The standard InChI is InChI=1S/C16H16N2O3/c1-12(15(19)14-9-5-6-10-17-14)18-16(20)21-11-13-7-3-2-4-8-13/h2-10,12H,11H2,1H3,(H,18,20)/t12-/m0/s1. The molecule has 1 aromatic carbocycles. The van der Waals surface area contributed by atoms with Gasteiger partial charge in [-0.3, -0.25) is 9.78 Å². The lowest BCUT2D eigenvalue weighted by Gasteiger charge is -2.12. The number of carbonyl (C=O) groups excluding carboxylic acids is 2. The normalized spacial score (nSPS) is 11.5. The van der Waals surface area contributed by atoms with Gasteiger partial charge in [0.1, 0.15) is 12.3 Å². The van der Waals surface area contributed by atoms with Crippen molar-refractivity contribution >= 4 is 11.9 Å². The summed E-state index contributed by atoms with van der Waals surface area (Å²) >= 11 is 0. The number of nitrogens with one attached hydrogen (secondary N) is 1. The average molecular weight is 284 g/mol. The summed E-state index contributed by atoms with van der Waals surface area (Å²) in [5.41, 5.74) is 1.20. The third-order valence-electron chi connectivity index (χ3n) is 2.86. The molecule has 0 saturated carbocycles. The number of Topliss-reactive ketones (excluding diaryl/α,β-unsaturated/α-hetero) is 1. The van der Waals surface area contributed by atoms with Crippen molar-refractivity contribution in [2.75, 3.05) is 0 Å². The van der Waals surface area contributed by atoms with E-state index in [0.29, 0.717) is 5.69 Å². The van der Waals surface area contributed by atoms with Gasteiger partial charge in [-0.05, 0) is 24.6 Å². The number of amides is 1. The van der Waals surface area contributed by atoms with E-state index in [-0.39, 0.29) is 12.4 Å². The van der Waals surface area contributed by atoms with Crippen LogP contribution >= 0.6 is 0 Å². The first-order valence-corrected chi connectivity index (χ1v) is 6.59. The number of hydrogen-bond acceptors (Lipinski definition) is 4. The third-order valence-corrected chi connectivity index (χ3v) is 2.86. The summed E-state index contributed by atoms with van der Waals surface area (Å²) in [4.78, 5) is 27.6. The fraction of sp³-hybridized carbons (Fsp3) is 0.188. The van der Waals surface area contributed by atoms with Crippen LogP contribution < -0.4 is 5.32 Å². The van der Waals surface area contributed by atoms with Crippen LogP contribution in [0, 0.1) is 0 Å². The molecule has 0 aliphatic carbocycles. The molecular weight excluding hydrogens is 268 g/mol. The molecule has 1 aromatic heterocycles. The van der Waals surface area contributed by atoms with E-state index in [9.17, 15) is 9.59 Å². The lowest BCUT2D eigenvalue weighted by molar-refractivity contribution is 0.0922. The summed E-state index contributed by atoms with van der Waals surface area (Å²) in [5.74, 6) is -0.257. The highest BCUT2D eigenvalue weighted by Crippen LogP contribution is 2.02. The van der Waals surface area contributed by atoms with E-state index in [0.717, 1.165) is 5.56 Å². The Morgan fingerprint density at radius 2 is 1.86 bits per heavy atom. The highest BCUT2D eigenvalue weighted by atomic mass is 16.5. The number of benzene rings is 1. The maximum absolute atomic E-state index is 12.0. The number of alkyl carbamates (subject to hydrolysis) is 1. The molecule has 1 atom stereocenters. The zero-order valence-electron chi connectivity index (χ0n) is 11.7. The minimum absolute atomic E-state index is 0.164. The summed E-state index contributed by atoms with van der Waals surface area (Å²) in [7, 11) is 0. The summed E-state index contributed by atoms with van der Waals surface area (Å²) < 4.78 is 5.06. The fourth-order valence-electron chi connectivity index (χ4n) is 1.74. The molecule has 0 unspecified atom stereocenters. The van der Waals surface area contributed by atoms with Gasteiger partial charge in [-0.1, -0.05) is 36.4 Å². The summed E-state index contributed by atoms with van der Waals surface area (Å²) in [6.07, 6.45) is 0.906. The van der Waals surface area contributed by atoms with E-state index in [4.69, 9.17) is 4.74 Å². The maximum atomic E-state index is 12.0. The second-order valence-corrected chi connectivity index (χ2v) is 4.51. The first-order chi connectivity index (χ1) is 10.2. The van der Waals surface area contributed by atoms with Gasteiger partial charge in [-0.25, -0.2) is 4.79 Å². The lowest BCUT2D eigenvalue weighted by atomic mass is 10.1. The number of ketones is 1. The summed E-state index contributed by atoms with van der Waals surface area (Å²) in [6.45, 7) is 1.76. The van der Waals surface area contributed by atoms with Crippen LogP contribution in [-0.2, 0) is 11.3 Å². The van der Waals surface area contributed by atoms with Gasteiger partial charge < -0.3 is 10.1 Å². The molecule has 0 aliphatic rings. The van der Waals surface area contributed by atoms with E-state index in [1.807, 2.05) is 30.3 Å². The number of pyridine rings is 1. The van der Waals surface area contributed by atoms with Gasteiger partial charge >= 0.3 is 6.09 Å². The fourth-order valence-corrected chi connectivity index (χ4v) is 1.74. The molecule has 108 valence electrons. The van der Waals surface area contributed by atoms with Crippen LogP contribution in [0.3, 0.4) is 0 Å². The minimum Gasteiger partial charge on any atom is -0.445 e. The molecule has 0 bridgehead atoms. The number of aromatic nitrogens is 1. The molecule has 1 N–H and O–H groups in total. The Labute approximate surface area is 123 Å². The lowest BCUT2D eigenvalue weighted by Crippen LogP contribution is -2.39. The summed E-state index contributed by atoms with van der Waals surface area (Å²) in [6, 6.07) is 13.7. The predicted molar refractivity (Wildman–Crippen MR) is 77.8 cm³/mol. The van der Waals surface area contributed by atoms with Crippen LogP contribution in [0.25, 0.3) is 0 Å². The van der Waals surface area contributed by atoms with Crippen molar-refractivity contribution in [2.24, 2.45) is 0 Å². The van der Waals surface area contributed by atoms with Crippen LogP contribution in [0.2, 0.25) is 0 Å². The molecule has 2 aromatic rings. The maximum Gasteiger partial charge on any atom is 0.408 e. The van der Waals surface area contributed by atoms with E-state index in [1.165, 1.54) is 6.20 Å². The molecule has 5 nitrogen and oxygen atoms in total. The van der Waals surface area contributed by atoms with E-state index < -0.39 is 12.1 Å². The molecule has 1 heterocycles. The Bertz CT molecular complexity index is 599. The van der Waals surface area contributed by atoms with Crippen LogP contribution in [0.4, 0.5) is 4.79 Å². The molecule has 0 spiro atoms. The zero-order chi connectivity index (χ0) is 15.1. The first kappa shape index (κ1) is 14.7. The van der Waals surface area contributed by atoms with Crippen LogP contribution in [0.15, 0.2) is 54.7 Å². The molecule has 0 aliphatic heterocycles. The van der Waals surface area contributed by atoms with Crippen molar-refractivity contribution in [3.63, 3.8) is 0 Å². The van der Waals surface area contributed by atoms with Gasteiger partial charge in [-0.2, -0.15) is 0 Å². The highest BCUT2D eigenvalue weighted by Gasteiger charge is 2.18. The number of carbonyl (C=O) groups is 2. The molecule has 2 rings (SSSR count). The van der Waals surface area contributed by atoms with Crippen molar-refractivity contribution in [2.45, 2.75) is 19.6 Å². The molecule has 1 amide bonds. The van der Waals surface area contributed by atoms with Crippen molar-refractivity contribution < 1.29 is 14.3 Å². The largest absolute Gasteiger partial charge is 0.445 e. The van der Waals surface area contributed by atoms with E-state index in [2.05, 4.69) is 10.3 Å². The molecule has 0 fully saturated rings. The van der Waals surface area contributed by atoms with Gasteiger partial charge in [0.25, 0.3) is 0 Å². The van der Waals surface area contributed by atoms with Gasteiger partial charge in [0.15, 0.2) is 0 Å². The zero-order valence-corrected chi connectivity index (χ0v) is 11.7. The number of ether oxygens (including phenoxy) is 1. The Hall–Kier alpha value is -2.69. The SMILES string of the molecule is C[C@H](NC(=O)OCc1ccccc1)C(=O)c1ccccn1. The van der Waals surface area contributed by atoms with Crippen molar-refractivity contribution in [3.8, 4) is 0 Å². The smallest absolute Gasteiger partial charge is 0.408 e. The predicted octanol–water partition coefficient (Wildman–Crippen LogP) is 2.58. The van der Waals surface area contributed by atoms with Gasteiger partial charge in [0.2, 0.25) is 5.78 Å². The quantitative estimate of drug-likeness (QED) is 0.857. The topological polar surface area (TPSA) is 68.3 Å². The number of nitrogens with zero attached hydrogens (tertiary/aromatic N) is 1. The van der Waals surface area contributed by atoms with E-state index >= 15 is 0 Å². The monoisotopic (exact) mass is 284 g/mol. The van der Waals surface area contributed by atoms with Crippen molar-refractivity contribution in [3.05, 3.63) is 66.0 Å². The minimum atomic E-state index is -0.692. The van der Waals surface area contributed by atoms with Crippen LogP contribution in [0.5, 0.6) is 0 Å². The summed E-state index contributed by atoms with van der Waals surface area (Å²) in [5, 5.41) is 2.50. The van der Waals surface area contributed by atoms with Gasteiger partial charge in [0.05, 0.1) is 6.04 Å². The second-order valence-electron chi connectivity index (χ2n) is 4.51. The van der Waals surface area contributed by atoms with Crippen LogP contribution in [-0.4, -0.2) is 22.9 Å². The van der Waals surface area contributed by atoms with E-state index in [1.54, 1.807) is 25.1 Å². The Balaban J connectivity index is 1.83. The van der Waals surface area contributed by atoms with Gasteiger partial charge in [0, 0.05) is 6.20 Å². The Morgan fingerprint density at radius 1 is 1.14 bits per heavy atom. The molecule has 0 radical (unpaired) electrons. The highest BCUT2D eigenvalue weighted by molar-refractivity contribution is 5.99. The first-order valence-electron chi connectivity index (χ1n) is 6.59. The number of rotatable bonds is 5. The Morgan fingerprint density at radius 3 is 2.52 bits per heavy atom. The van der Waals surface area contributed by atoms with Crippen LogP contribution in [0.1, 0.15) is 23.0 Å². The Kier molecular flexibility index (Phi) is 5.04. The molecular formula is C16H16N2O3. The molecule has 21 heavy (non-hydrogen) atoms. The van der Waals surface area contributed by atoms with Crippen molar-refractivity contribution in [1.82, 2.24) is 10.3 Å². The molecule has 0 saturated heterocycles. The van der Waals surface area contributed by atoms with Crippen molar-refractivity contribution in [1.29, 1.82) is 0 Å². The average Bonchev–Trinajstić information content (AvgIpc) is 2.54.